The van der Waals surface area contributed by atoms with Crippen LogP contribution in [0, 0.1) is 11.8 Å². The molecule has 4 unspecified atom stereocenters. The summed E-state index contributed by atoms with van der Waals surface area (Å²) in [5.41, 5.74) is 2.50. The van der Waals surface area contributed by atoms with Gasteiger partial charge in [0, 0.05) is 6.54 Å². The number of ether oxygens (including phenoxy) is 3. The van der Waals surface area contributed by atoms with Gasteiger partial charge in [-0.3, -0.25) is 9.59 Å². The van der Waals surface area contributed by atoms with Gasteiger partial charge in [-0.05, 0) is 54.9 Å². The van der Waals surface area contributed by atoms with Gasteiger partial charge >= 0.3 is 0 Å². The molecule has 2 heterocycles. The van der Waals surface area contributed by atoms with E-state index < -0.39 is 6.04 Å². The van der Waals surface area contributed by atoms with Crippen LogP contribution in [-0.2, 0) is 20.7 Å². The van der Waals surface area contributed by atoms with E-state index in [4.69, 9.17) is 14.2 Å². The molecule has 1 fully saturated rings. The summed E-state index contributed by atoms with van der Waals surface area (Å²) in [6, 6.07) is 15.2. The van der Waals surface area contributed by atoms with Crippen LogP contribution in [0.1, 0.15) is 43.4 Å². The summed E-state index contributed by atoms with van der Waals surface area (Å²) in [6.07, 6.45) is 3.10. The summed E-state index contributed by atoms with van der Waals surface area (Å²) in [5, 5.41) is 0. The Bertz CT molecular complexity index is 1120. The normalized spacial score (nSPS) is 26.1. The third kappa shape index (κ3) is 3.85. The first-order chi connectivity index (χ1) is 16.5. The summed E-state index contributed by atoms with van der Waals surface area (Å²) in [7, 11) is 3.22. The van der Waals surface area contributed by atoms with Gasteiger partial charge in [-0.1, -0.05) is 43.3 Å². The molecular formula is C28H31NO5. The second-order valence-corrected chi connectivity index (χ2v) is 9.54. The van der Waals surface area contributed by atoms with E-state index in [1.54, 1.807) is 19.1 Å². The predicted molar refractivity (Wildman–Crippen MR) is 128 cm³/mol. The largest absolute Gasteiger partial charge is 0.493 e. The molecule has 2 aliphatic heterocycles. The number of carbonyl (C=O) groups excluding carboxylic acids is 2. The van der Waals surface area contributed by atoms with Crippen molar-refractivity contribution in [1.29, 1.82) is 0 Å². The second kappa shape index (κ2) is 9.16. The van der Waals surface area contributed by atoms with Crippen LogP contribution in [-0.4, -0.2) is 43.5 Å². The molecule has 34 heavy (non-hydrogen) atoms. The maximum absolute atomic E-state index is 13.7. The van der Waals surface area contributed by atoms with Crippen molar-refractivity contribution in [3.05, 3.63) is 71.0 Å². The van der Waals surface area contributed by atoms with Crippen molar-refractivity contribution in [2.24, 2.45) is 11.8 Å². The number of hydrogen-bond acceptors (Lipinski definition) is 5. The van der Waals surface area contributed by atoms with E-state index in [2.05, 4.69) is 6.92 Å². The number of hydrogen-bond donors (Lipinski definition) is 0. The molecule has 0 bridgehead atoms. The van der Waals surface area contributed by atoms with Crippen molar-refractivity contribution in [1.82, 2.24) is 4.90 Å². The number of benzene rings is 2. The molecule has 178 valence electrons. The zero-order valence-electron chi connectivity index (χ0n) is 20.0. The molecule has 2 aromatic rings. The smallest absolute Gasteiger partial charge is 0.290 e. The second-order valence-electron chi connectivity index (χ2n) is 9.54. The summed E-state index contributed by atoms with van der Waals surface area (Å²) >= 11 is 0. The molecule has 6 nitrogen and oxygen atoms in total. The van der Waals surface area contributed by atoms with Crippen LogP contribution in [0.3, 0.4) is 0 Å². The number of amides is 1. The van der Waals surface area contributed by atoms with Gasteiger partial charge in [-0.25, -0.2) is 0 Å². The average Bonchev–Trinajstić information content (AvgIpc) is 3.15. The van der Waals surface area contributed by atoms with Gasteiger partial charge in [0.1, 0.15) is 6.10 Å². The minimum atomic E-state index is -0.422. The first kappa shape index (κ1) is 22.5. The molecule has 1 amide bonds. The van der Waals surface area contributed by atoms with Crippen LogP contribution >= 0.6 is 0 Å². The molecule has 0 aromatic heterocycles. The van der Waals surface area contributed by atoms with Crippen LogP contribution in [0.4, 0.5) is 0 Å². The van der Waals surface area contributed by atoms with Gasteiger partial charge < -0.3 is 19.1 Å². The van der Waals surface area contributed by atoms with Gasteiger partial charge in [-0.15, -0.1) is 0 Å². The van der Waals surface area contributed by atoms with E-state index in [1.807, 2.05) is 48.5 Å². The molecule has 4 atom stereocenters. The van der Waals surface area contributed by atoms with Crippen molar-refractivity contribution in [3.8, 4) is 11.5 Å². The zero-order chi connectivity index (χ0) is 23.8. The molecule has 0 N–H and O–H groups in total. The predicted octanol–water partition coefficient (Wildman–Crippen LogP) is 4.49. The van der Waals surface area contributed by atoms with Crippen LogP contribution in [0.5, 0.6) is 11.5 Å². The fourth-order valence-corrected chi connectivity index (χ4v) is 5.62. The molecule has 5 rings (SSSR count). The summed E-state index contributed by atoms with van der Waals surface area (Å²) < 4.78 is 17.1. The molecule has 6 heteroatoms. The fourth-order valence-electron chi connectivity index (χ4n) is 5.62. The van der Waals surface area contributed by atoms with E-state index in [0.29, 0.717) is 36.0 Å². The summed E-state index contributed by atoms with van der Waals surface area (Å²) in [4.78, 5) is 29.1. The number of nitrogens with zero attached hydrogens (tertiary/aromatic N) is 1. The Morgan fingerprint density at radius 2 is 1.76 bits per heavy atom. The number of Topliss-reactive ketones (excluding diaryl/α,β-unsaturated/α-hetero) is 1. The first-order valence-corrected chi connectivity index (χ1v) is 12.0. The standard InChI is InChI=1S/C28H31NO5/c1-17-9-11-21-20(15-17)26(30)24-25(19-7-5-4-6-8-19)29(28(31)27(24)34-21)14-13-18-10-12-22(32-2)23(16-18)33-3/h4-8,10,12,16-17,20-21,25H,9,11,13-15H2,1-3H3. The van der Waals surface area contributed by atoms with Gasteiger partial charge in [0.2, 0.25) is 0 Å². The molecule has 1 saturated carbocycles. The van der Waals surface area contributed by atoms with Gasteiger partial charge in [0.05, 0.1) is 31.8 Å². The number of carbonyl (C=O) groups is 2. The average molecular weight is 462 g/mol. The lowest BCUT2D eigenvalue weighted by atomic mass is 9.74. The SMILES string of the molecule is COc1ccc(CCN2C(=O)C3=C(C(=O)C4CC(C)CCC4O3)C2c2ccccc2)cc1OC. The molecule has 2 aromatic carbocycles. The number of methoxy groups -OCH3 is 2. The third-order valence-corrected chi connectivity index (χ3v) is 7.41. The van der Waals surface area contributed by atoms with Crippen LogP contribution in [0.15, 0.2) is 59.9 Å². The monoisotopic (exact) mass is 461 g/mol. The van der Waals surface area contributed by atoms with Crippen molar-refractivity contribution in [3.63, 3.8) is 0 Å². The van der Waals surface area contributed by atoms with E-state index in [-0.39, 0.29) is 29.5 Å². The number of fused-ring (bicyclic) bond motifs is 1. The lowest BCUT2D eigenvalue weighted by molar-refractivity contribution is -0.136. The quantitative estimate of drug-likeness (QED) is 0.634. The Balaban J connectivity index is 1.46. The number of ketones is 1. The molecule has 0 saturated heterocycles. The van der Waals surface area contributed by atoms with E-state index >= 15 is 0 Å². The summed E-state index contributed by atoms with van der Waals surface area (Å²) in [6.45, 7) is 2.65. The van der Waals surface area contributed by atoms with Crippen molar-refractivity contribution >= 4 is 11.7 Å². The highest BCUT2D eigenvalue weighted by molar-refractivity contribution is 6.11. The molecule has 3 aliphatic rings. The Labute approximate surface area is 200 Å². The minimum absolute atomic E-state index is 0.0913. The molecule has 0 radical (unpaired) electrons. The molecule has 1 aliphatic carbocycles. The molecule has 0 spiro atoms. The Morgan fingerprint density at radius 1 is 1.00 bits per heavy atom. The van der Waals surface area contributed by atoms with Gasteiger partial charge in [-0.2, -0.15) is 0 Å². The Morgan fingerprint density at radius 3 is 2.50 bits per heavy atom. The lowest BCUT2D eigenvalue weighted by Crippen LogP contribution is -2.41. The van der Waals surface area contributed by atoms with Crippen molar-refractivity contribution in [2.75, 3.05) is 20.8 Å². The number of rotatable bonds is 6. The maximum Gasteiger partial charge on any atom is 0.290 e. The van der Waals surface area contributed by atoms with Crippen molar-refractivity contribution in [2.45, 2.75) is 44.8 Å². The van der Waals surface area contributed by atoms with Crippen LogP contribution < -0.4 is 9.47 Å². The highest BCUT2D eigenvalue weighted by atomic mass is 16.5. The van der Waals surface area contributed by atoms with Crippen LogP contribution in [0.25, 0.3) is 0 Å². The maximum atomic E-state index is 13.7. The minimum Gasteiger partial charge on any atom is -0.493 e. The highest BCUT2D eigenvalue weighted by Gasteiger charge is 2.52. The summed E-state index contributed by atoms with van der Waals surface area (Å²) in [5.74, 6) is 1.82. The van der Waals surface area contributed by atoms with E-state index in [1.165, 1.54) is 0 Å². The molecular weight excluding hydrogens is 430 g/mol. The van der Waals surface area contributed by atoms with Gasteiger partial charge in [0.25, 0.3) is 5.91 Å². The highest BCUT2D eigenvalue weighted by Crippen LogP contribution is 2.47. The van der Waals surface area contributed by atoms with E-state index in [0.717, 1.165) is 30.4 Å². The Hall–Kier alpha value is -3.28. The third-order valence-electron chi connectivity index (χ3n) is 7.41. The Kier molecular flexibility index (Phi) is 6.07. The first-order valence-electron chi connectivity index (χ1n) is 12.0. The lowest BCUT2D eigenvalue weighted by Gasteiger charge is -2.37. The zero-order valence-corrected chi connectivity index (χ0v) is 20.0. The van der Waals surface area contributed by atoms with Crippen LogP contribution in [0.2, 0.25) is 0 Å². The van der Waals surface area contributed by atoms with Crippen molar-refractivity contribution < 1.29 is 23.8 Å². The van der Waals surface area contributed by atoms with Gasteiger partial charge in [0.15, 0.2) is 23.0 Å². The van der Waals surface area contributed by atoms with E-state index in [9.17, 15) is 9.59 Å². The fraction of sp³-hybridized carbons (Fsp3) is 0.429. The topological polar surface area (TPSA) is 65.1 Å².